The van der Waals surface area contributed by atoms with Crippen LogP contribution in [0.2, 0.25) is 0 Å². The van der Waals surface area contributed by atoms with Gasteiger partial charge in [0, 0.05) is 23.6 Å². The van der Waals surface area contributed by atoms with Crippen LogP contribution in [0.4, 0.5) is 0 Å². The number of ketones is 1. The topological polar surface area (TPSA) is 29.5 Å². The number of ether oxygens (including phenoxy) is 1. The van der Waals surface area contributed by atoms with Crippen molar-refractivity contribution in [1.82, 2.24) is 4.90 Å². The Morgan fingerprint density at radius 3 is 2.12 bits per heavy atom. The summed E-state index contributed by atoms with van der Waals surface area (Å²) in [5, 5.41) is 0. The van der Waals surface area contributed by atoms with Crippen molar-refractivity contribution >= 4 is 5.78 Å². The van der Waals surface area contributed by atoms with E-state index in [9.17, 15) is 4.79 Å². The van der Waals surface area contributed by atoms with Gasteiger partial charge in [-0.15, -0.1) is 0 Å². The van der Waals surface area contributed by atoms with Crippen LogP contribution < -0.4 is 4.74 Å². The van der Waals surface area contributed by atoms with Gasteiger partial charge in [0.2, 0.25) is 0 Å². The summed E-state index contributed by atoms with van der Waals surface area (Å²) in [4.78, 5) is 15.3. The lowest BCUT2D eigenvalue weighted by Crippen LogP contribution is -2.42. The van der Waals surface area contributed by atoms with E-state index in [1.54, 1.807) is 0 Å². The van der Waals surface area contributed by atoms with Crippen molar-refractivity contribution in [2.24, 2.45) is 5.92 Å². The van der Waals surface area contributed by atoms with E-state index in [1.807, 2.05) is 54.6 Å². The summed E-state index contributed by atoms with van der Waals surface area (Å²) >= 11 is 0. The van der Waals surface area contributed by atoms with Crippen LogP contribution in [0.5, 0.6) is 11.5 Å². The van der Waals surface area contributed by atoms with Gasteiger partial charge in [0.05, 0.1) is 0 Å². The van der Waals surface area contributed by atoms with Crippen molar-refractivity contribution in [2.45, 2.75) is 37.8 Å². The van der Waals surface area contributed by atoms with Gasteiger partial charge in [-0.1, -0.05) is 18.2 Å². The predicted molar refractivity (Wildman–Crippen MR) is 94.6 cm³/mol. The van der Waals surface area contributed by atoms with Crippen LogP contribution in [-0.2, 0) is 0 Å². The number of nitrogens with zero attached hydrogens (tertiary/aromatic N) is 1. The minimum Gasteiger partial charge on any atom is -0.457 e. The van der Waals surface area contributed by atoms with Crippen LogP contribution in [0.15, 0.2) is 54.6 Å². The van der Waals surface area contributed by atoms with Gasteiger partial charge in [-0.25, -0.2) is 0 Å². The maximum absolute atomic E-state index is 12.8. The monoisotopic (exact) mass is 321 g/mol. The normalized spacial score (nSPS) is 26.3. The van der Waals surface area contributed by atoms with Crippen molar-refractivity contribution in [1.29, 1.82) is 0 Å². The number of hydrogen-bond donors (Lipinski definition) is 0. The first kappa shape index (κ1) is 15.4. The van der Waals surface area contributed by atoms with Crippen LogP contribution in [0.25, 0.3) is 0 Å². The summed E-state index contributed by atoms with van der Waals surface area (Å²) in [5.41, 5.74) is 0.810. The Hall–Kier alpha value is -2.13. The standard InChI is InChI=1S/C21H23NO2/c1-22-17-9-10-18(22)14-16(13-17)21(23)15-7-11-20(12-8-15)24-19-5-3-2-4-6-19/h2-8,11-12,16-18H,9-10,13-14H2,1H3. The Morgan fingerprint density at radius 2 is 1.50 bits per heavy atom. The lowest BCUT2D eigenvalue weighted by molar-refractivity contribution is 0.0767. The van der Waals surface area contributed by atoms with Crippen LogP contribution in [0.1, 0.15) is 36.0 Å². The Balaban J connectivity index is 1.44. The molecule has 0 amide bonds. The van der Waals surface area contributed by atoms with E-state index in [-0.39, 0.29) is 5.92 Å². The van der Waals surface area contributed by atoms with Gasteiger partial charge in [0.1, 0.15) is 11.5 Å². The number of Topliss-reactive ketones (excluding diaryl/α,β-unsaturated/α-hetero) is 1. The van der Waals surface area contributed by atoms with Crippen molar-refractivity contribution in [3.05, 3.63) is 60.2 Å². The van der Waals surface area contributed by atoms with E-state index in [2.05, 4.69) is 11.9 Å². The highest BCUT2D eigenvalue weighted by molar-refractivity contribution is 5.98. The van der Waals surface area contributed by atoms with Gasteiger partial charge in [0.15, 0.2) is 5.78 Å². The van der Waals surface area contributed by atoms with Crippen LogP contribution in [0, 0.1) is 5.92 Å². The SMILES string of the molecule is CN1C2CCC1CC(C(=O)c1ccc(Oc3ccccc3)cc1)C2. The Morgan fingerprint density at radius 1 is 0.917 bits per heavy atom. The minimum atomic E-state index is 0.180. The zero-order chi connectivity index (χ0) is 16.5. The second-order valence-corrected chi connectivity index (χ2v) is 7.02. The molecule has 3 heteroatoms. The summed E-state index contributed by atoms with van der Waals surface area (Å²) in [6.07, 6.45) is 4.51. The minimum absolute atomic E-state index is 0.180. The van der Waals surface area contributed by atoms with E-state index < -0.39 is 0 Å². The summed E-state index contributed by atoms with van der Waals surface area (Å²) in [5.74, 6) is 2.05. The highest BCUT2D eigenvalue weighted by Crippen LogP contribution is 2.38. The molecular formula is C21H23NO2. The summed E-state index contributed by atoms with van der Waals surface area (Å²) in [6, 6.07) is 18.5. The maximum Gasteiger partial charge on any atom is 0.166 e. The molecular weight excluding hydrogens is 298 g/mol. The third kappa shape index (κ3) is 2.96. The zero-order valence-electron chi connectivity index (χ0n) is 14.0. The van der Waals surface area contributed by atoms with Crippen molar-refractivity contribution in [2.75, 3.05) is 7.05 Å². The second kappa shape index (κ2) is 6.40. The fourth-order valence-corrected chi connectivity index (χ4v) is 4.17. The molecule has 3 nitrogen and oxygen atoms in total. The van der Waals surface area contributed by atoms with Gasteiger partial charge in [-0.05, 0) is 69.1 Å². The molecule has 0 N–H and O–H groups in total. The van der Waals surface area contributed by atoms with Gasteiger partial charge in [0.25, 0.3) is 0 Å². The van der Waals surface area contributed by atoms with Gasteiger partial charge >= 0.3 is 0 Å². The largest absolute Gasteiger partial charge is 0.457 e. The smallest absolute Gasteiger partial charge is 0.166 e. The first-order valence-electron chi connectivity index (χ1n) is 8.80. The number of rotatable bonds is 4. The molecule has 2 aromatic rings. The third-order valence-corrected chi connectivity index (χ3v) is 5.59. The second-order valence-electron chi connectivity index (χ2n) is 7.02. The van der Waals surface area contributed by atoms with E-state index in [4.69, 9.17) is 4.74 Å². The number of hydrogen-bond acceptors (Lipinski definition) is 3. The molecule has 2 atom stereocenters. The van der Waals surface area contributed by atoms with Crippen LogP contribution >= 0.6 is 0 Å². The molecule has 0 aromatic heterocycles. The number of carbonyl (C=O) groups excluding carboxylic acids is 1. The number of fused-ring (bicyclic) bond motifs is 2. The number of para-hydroxylation sites is 1. The van der Waals surface area contributed by atoms with Crippen LogP contribution in [0.3, 0.4) is 0 Å². The first-order valence-corrected chi connectivity index (χ1v) is 8.80. The van der Waals surface area contributed by atoms with Crippen molar-refractivity contribution < 1.29 is 9.53 Å². The van der Waals surface area contributed by atoms with Crippen molar-refractivity contribution in [3.8, 4) is 11.5 Å². The average Bonchev–Trinajstić information content (AvgIpc) is 2.84. The lowest BCUT2D eigenvalue weighted by atomic mass is 9.85. The molecule has 124 valence electrons. The average molecular weight is 321 g/mol. The molecule has 0 saturated carbocycles. The van der Waals surface area contributed by atoms with Gasteiger partial charge in [-0.2, -0.15) is 0 Å². The molecule has 0 spiro atoms. The summed E-state index contributed by atoms with van der Waals surface area (Å²) in [7, 11) is 2.21. The highest BCUT2D eigenvalue weighted by Gasteiger charge is 2.40. The van der Waals surface area contributed by atoms with Crippen molar-refractivity contribution in [3.63, 3.8) is 0 Å². The molecule has 2 aromatic carbocycles. The number of carbonyl (C=O) groups is 1. The quantitative estimate of drug-likeness (QED) is 0.775. The fraction of sp³-hybridized carbons (Fsp3) is 0.381. The number of benzene rings is 2. The van der Waals surface area contributed by atoms with E-state index in [0.717, 1.165) is 29.9 Å². The Bertz CT molecular complexity index is 696. The molecule has 2 fully saturated rings. The Kier molecular flexibility index (Phi) is 4.11. The van der Waals surface area contributed by atoms with Crippen LogP contribution in [-0.4, -0.2) is 29.8 Å². The molecule has 2 heterocycles. The highest BCUT2D eigenvalue weighted by atomic mass is 16.5. The molecule has 0 radical (unpaired) electrons. The third-order valence-electron chi connectivity index (χ3n) is 5.59. The molecule has 2 saturated heterocycles. The van der Waals surface area contributed by atoms with Gasteiger partial charge in [-0.3, -0.25) is 4.79 Å². The molecule has 2 aliphatic heterocycles. The van der Waals surface area contributed by atoms with E-state index in [1.165, 1.54) is 12.8 Å². The zero-order valence-corrected chi connectivity index (χ0v) is 14.0. The lowest BCUT2D eigenvalue weighted by Gasteiger charge is -2.35. The predicted octanol–water partition coefficient (Wildman–Crippen LogP) is 4.53. The summed E-state index contributed by atoms with van der Waals surface area (Å²) < 4.78 is 5.80. The number of piperidine rings is 1. The summed E-state index contributed by atoms with van der Waals surface area (Å²) in [6.45, 7) is 0. The molecule has 2 aliphatic rings. The van der Waals surface area contributed by atoms with Gasteiger partial charge < -0.3 is 9.64 Å². The molecule has 2 unspecified atom stereocenters. The van der Waals surface area contributed by atoms with E-state index in [0.29, 0.717) is 17.9 Å². The molecule has 4 rings (SSSR count). The molecule has 24 heavy (non-hydrogen) atoms. The maximum atomic E-state index is 12.8. The fourth-order valence-electron chi connectivity index (χ4n) is 4.17. The molecule has 0 aliphatic carbocycles. The Labute approximate surface area is 143 Å². The first-order chi connectivity index (χ1) is 11.7. The van der Waals surface area contributed by atoms with E-state index >= 15 is 0 Å². The molecule has 2 bridgehead atoms.